The van der Waals surface area contributed by atoms with E-state index in [-0.39, 0.29) is 12.0 Å². The van der Waals surface area contributed by atoms with E-state index in [4.69, 9.17) is 10.00 Å². The maximum Gasteiger partial charge on any atom is 0.252 e. The van der Waals surface area contributed by atoms with E-state index < -0.39 is 0 Å². The van der Waals surface area contributed by atoms with Crippen molar-refractivity contribution in [2.45, 2.75) is 6.42 Å². The van der Waals surface area contributed by atoms with Gasteiger partial charge >= 0.3 is 0 Å². The third-order valence-corrected chi connectivity index (χ3v) is 2.66. The van der Waals surface area contributed by atoms with Crippen LogP contribution in [-0.4, -0.2) is 12.1 Å². The number of nitriles is 1. The van der Waals surface area contributed by atoms with Gasteiger partial charge in [-0.25, -0.2) is 0 Å². The van der Waals surface area contributed by atoms with Crippen LogP contribution >= 0.6 is 0 Å². The molecule has 0 amide bonds. The summed E-state index contributed by atoms with van der Waals surface area (Å²) < 4.78 is 5.24. The predicted molar refractivity (Wildman–Crippen MR) is 68.4 cm³/mol. The van der Waals surface area contributed by atoms with E-state index in [9.17, 15) is 4.79 Å². The fraction of sp³-hybridized carbons (Fsp3) is 0.143. The van der Waals surface area contributed by atoms with Crippen molar-refractivity contribution in [2.75, 3.05) is 7.11 Å². The van der Waals surface area contributed by atoms with Crippen LogP contribution in [0.3, 0.4) is 0 Å². The smallest absolute Gasteiger partial charge is 0.252 e. The fourth-order valence-electron chi connectivity index (χ4n) is 1.75. The summed E-state index contributed by atoms with van der Waals surface area (Å²) >= 11 is 0. The van der Waals surface area contributed by atoms with Crippen LogP contribution in [0.2, 0.25) is 0 Å². The molecule has 1 N–H and O–H groups in total. The lowest BCUT2D eigenvalue weighted by Gasteiger charge is -2.08. The number of nitrogens with zero attached hydrogens (tertiary/aromatic N) is 1. The summed E-state index contributed by atoms with van der Waals surface area (Å²) in [5.41, 5.74) is 1.73. The van der Waals surface area contributed by atoms with Crippen molar-refractivity contribution >= 4 is 0 Å². The lowest BCUT2D eigenvalue weighted by atomic mass is 10.1. The van der Waals surface area contributed by atoms with Crippen molar-refractivity contribution in [2.24, 2.45) is 0 Å². The van der Waals surface area contributed by atoms with Crippen LogP contribution in [0.25, 0.3) is 11.3 Å². The molecule has 2 rings (SSSR count). The zero-order valence-electron chi connectivity index (χ0n) is 9.93. The van der Waals surface area contributed by atoms with Gasteiger partial charge in [0.2, 0.25) is 0 Å². The Morgan fingerprint density at radius 2 is 2.06 bits per heavy atom. The molecule has 0 aliphatic carbocycles. The zero-order valence-corrected chi connectivity index (χ0v) is 9.93. The number of rotatable bonds is 3. The highest BCUT2D eigenvalue weighted by Crippen LogP contribution is 2.27. The topological polar surface area (TPSA) is 65.9 Å². The van der Waals surface area contributed by atoms with E-state index in [1.807, 2.05) is 30.3 Å². The maximum atomic E-state index is 11.8. The molecule has 18 heavy (non-hydrogen) atoms. The number of nitrogens with one attached hydrogen (secondary N) is 1. The molecular formula is C14H12N2O2. The van der Waals surface area contributed by atoms with Gasteiger partial charge in [0, 0.05) is 11.1 Å². The quantitative estimate of drug-likeness (QED) is 0.893. The molecule has 4 heteroatoms. The van der Waals surface area contributed by atoms with Gasteiger partial charge in [0.15, 0.2) is 0 Å². The molecule has 0 saturated heterocycles. The number of ether oxygens (including phenoxy) is 1. The van der Waals surface area contributed by atoms with Crippen LogP contribution in [-0.2, 0) is 6.42 Å². The molecule has 1 aromatic heterocycles. The van der Waals surface area contributed by atoms with Crippen molar-refractivity contribution in [1.82, 2.24) is 4.98 Å². The molecular weight excluding hydrogens is 228 g/mol. The molecule has 0 bridgehead atoms. The Hall–Kier alpha value is -2.54. The van der Waals surface area contributed by atoms with Gasteiger partial charge in [-0.05, 0) is 18.2 Å². The molecule has 1 aromatic carbocycles. The Morgan fingerprint density at radius 3 is 2.72 bits per heavy atom. The van der Waals surface area contributed by atoms with Crippen molar-refractivity contribution in [1.29, 1.82) is 5.26 Å². The van der Waals surface area contributed by atoms with Gasteiger partial charge in [0.05, 0.1) is 25.3 Å². The molecule has 4 nitrogen and oxygen atoms in total. The van der Waals surface area contributed by atoms with Crippen LogP contribution in [0.5, 0.6) is 5.75 Å². The summed E-state index contributed by atoms with van der Waals surface area (Å²) in [6.07, 6.45) is 0.113. The Kier molecular flexibility index (Phi) is 3.44. The number of hydrogen-bond acceptors (Lipinski definition) is 3. The van der Waals surface area contributed by atoms with Crippen LogP contribution in [0.1, 0.15) is 5.56 Å². The molecule has 0 saturated carbocycles. The lowest BCUT2D eigenvalue weighted by Crippen LogP contribution is -2.12. The van der Waals surface area contributed by atoms with Crippen molar-refractivity contribution < 1.29 is 4.74 Å². The number of pyridine rings is 1. The second-order valence-electron chi connectivity index (χ2n) is 3.76. The molecule has 0 unspecified atom stereocenters. The van der Waals surface area contributed by atoms with Crippen LogP contribution in [0.4, 0.5) is 0 Å². The van der Waals surface area contributed by atoms with Crippen molar-refractivity contribution in [3.63, 3.8) is 0 Å². The zero-order chi connectivity index (χ0) is 13.0. The number of H-pyrrole nitrogens is 1. The van der Waals surface area contributed by atoms with E-state index in [1.165, 1.54) is 0 Å². The summed E-state index contributed by atoms with van der Waals surface area (Å²) in [6, 6.07) is 12.9. The van der Waals surface area contributed by atoms with E-state index in [0.717, 1.165) is 5.56 Å². The SMILES string of the molecule is COc1ccccc1-c1ccc(CC#N)c(=O)[nH]1. The molecule has 0 aliphatic rings. The van der Waals surface area contributed by atoms with Crippen LogP contribution in [0.15, 0.2) is 41.2 Å². The first-order chi connectivity index (χ1) is 8.76. The second-order valence-corrected chi connectivity index (χ2v) is 3.76. The van der Waals surface area contributed by atoms with Gasteiger partial charge in [-0.3, -0.25) is 4.79 Å². The predicted octanol–water partition coefficient (Wildman–Crippen LogP) is 2.12. The molecule has 0 aliphatic heterocycles. The maximum absolute atomic E-state index is 11.8. The largest absolute Gasteiger partial charge is 0.496 e. The summed E-state index contributed by atoms with van der Waals surface area (Å²) in [7, 11) is 1.58. The minimum absolute atomic E-state index is 0.113. The Morgan fingerprint density at radius 1 is 1.28 bits per heavy atom. The second kappa shape index (κ2) is 5.19. The average molecular weight is 240 g/mol. The molecule has 1 heterocycles. The first kappa shape index (κ1) is 11.9. The van der Waals surface area contributed by atoms with Gasteiger partial charge < -0.3 is 9.72 Å². The standard InChI is InChI=1S/C14H12N2O2/c1-18-13-5-3-2-4-11(13)12-7-6-10(8-9-15)14(17)16-12/h2-7H,8H2,1H3,(H,16,17). The number of benzene rings is 1. The van der Waals surface area contributed by atoms with Gasteiger partial charge in [0.1, 0.15) is 5.75 Å². The number of hydrogen-bond donors (Lipinski definition) is 1. The number of methoxy groups -OCH3 is 1. The molecule has 0 spiro atoms. The normalized spacial score (nSPS) is 9.78. The highest BCUT2D eigenvalue weighted by molar-refractivity contribution is 5.66. The van der Waals surface area contributed by atoms with Crippen LogP contribution < -0.4 is 10.3 Å². The fourth-order valence-corrected chi connectivity index (χ4v) is 1.75. The molecule has 0 atom stereocenters. The van der Waals surface area contributed by atoms with E-state index >= 15 is 0 Å². The number of aromatic nitrogens is 1. The Labute approximate surface area is 104 Å². The first-order valence-electron chi connectivity index (χ1n) is 5.49. The Bertz CT molecular complexity index is 653. The third kappa shape index (κ3) is 2.25. The minimum atomic E-state index is -0.236. The van der Waals surface area contributed by atoms with E-state index in [0.29, 0.717) is 17.0 Å². The van der Waals surface area contributed by atoms with Gasteiger partial charge in [-0.2, -0.15) is 5.26 Å². The van der Waals surface area contributed by atoms with Gasteiger partial charge in [-0.15, -0.1) is 0 Å². The highest BCUT2D eigenvalue weighted by Gasteiger charge is 2.07. The molecule has 0 radical (unpaired) electrons. The minimum Gasteiger partial charge on any atom is -0.496 e. The van der Waals surface area contributed by atoms with Gasteiger partial charge in [-0.1, -0.05) is 18.2 Å². The van der Waals surface area contributed by atoms with E-state index in [2.05, 4.69) is 4.98 Å². The lowest BCUT2D eigenvalue weighted by molar-refractivity contribution is 0.416. The number of para-hydroxylation sites is 1. The Balaban J connectivity index is 2.50. The van der Waals surface area contributed by atoms with Crippen LogP contribution in [0, 0.1) is 11.3 Å². The van der Waals surface area contributed by atoms with Gasteiger partial charge in [0.25, 0.3) is 5.56 Å². The summed E-state index contributed by atoms with van der Waals surface area (Å²) in [6.45, 7) is 0. The average Bonchev–Trinajstić information content (AvgIpc) is 2.41. The third-order valence-electron chi connectivity index (χ3n) is 2.66. The summed E-state index contributed by atoms with van der Waals surface area (Å²) in [4.78, 5) is 14.5. The monoisotopic (exact) mass is 240 g/mol. The molecule has 0 fully saturated rings. The first-order valence-corrected chi connectivity index (χ1v) is 5.49. The number of aromatic amines is 1. The highest BCUT2D eigenvalue weighted by atomic mass is 16.5. The van der Waals surface area contributed by atoms with E-state index in [1.54, 1.807) is 19.2 Å². The summed E-state index contributed by atoms with van der Waals surface area (Å²) in [5.74, 6) is 0.696. The molecule has 2 aromatic rings. The molecule has 90 valence electrons. The van der Waals surface area contributed by atoms with Crippen molar-refractivity contribution in [3.05, 3.63) is 52.3 Å². The summed E-state index contributed by atoms with van der Waals surface area (Å²) in [5, 5.41) is 8.59. The van der Waals surface area contributed by atoms with Crippen molar-refractivity contribution in [3.8, 4) is 23.1 Å².